The lowest BCUT2D eigenvalue weighted by Gasteiger charge is -2.57. The van der Waals surface area contributed by atoms with Crippen LogP contribution in [0.1, 0.15) is 81.8 Å². The van der Waals surface area contributed by atoms with Crippen LogP contribution in [0.25, 0.3) is 5.57 Å². The van der Waals surface area contributed by atoms with Gasteiger partial charge < -0.3 is 0 Å². The Labute approximate surface area is 153 Å². The van der Waals surface area contributed by atoms with Gasteiger partial charge in [0.15, 0.2) is 0 Å². The Balaban J connectivity index is 1.21. The molecule has 0 saturated heterocycles. The number of hydrogen-bond acceptors (Lipinski definition) is 0. The lowest BCUT2D eigenvalue weighted by Crippen LogP contribution is -2.46. The second kappa shape index (κ2) is 5.48. The van der Waals surface area contributed by atoms with Crippen molar-refractivity contribution in [2.24, 2.45) is 29.1 Å². The summed E-state index contributed by atoms with van der Waals surface area (Å²) < 4.78 is 0. The Kier molecular flexibility index (Phi) is 3.30. The SMILES string of the molecule is c1ccc2c(c1)CC1=C2CCCC1CCC12CC3CC(CC(C3)C1)C2. The molecule has 4 bridgehead atoms. The Morgan fingerprint density at radius 3 is 2.40 bits per heavy atom. The van der Waals surface area contributed by atoms with Crippen LogP contribution >= 0.6 is 0 Å². The fraction of sp³-hybridized carbons (Fsp3) is 0.680. The minimum absolute atomic E-state index is 0.776. The van der Waals surface area contributed by atoms with Crippen molar-refractivity contribution in [3.8, 4) is 0 Å². The summed E-state index contributed by atoms with van der Waals surface area (Å²) in [6, 6.07) is 9.25. The molecule has 0 amide bonds. The molecule has 1 aromatic rings. The summed E-state index contributed by atoms with van der Waals surface area (Å²) >= 11 is 0. The van der Waals surface area contributed by atoms with E-state index in [1.807, 2.05) is 5.57 Å². The van der Waals surface area contributed by atoms with Crippen LogP contribution in [0.5, 0.6) is 0 Å². The first-order valence-electron chi connectivity index (χ1n) is 11.1. The van der Waals surface area contributed by atoms with Crippen LogP contribution in [0, 0.1) is 29.1 Å². The van der Waals surface area contributed by atoms with Crippen LogP contribution in [0.4, 0.5) is 0 Å². The topological polar surface area (TPSA) is 0 Å². The maximum Gasteiger partial charge on any atom is -0.00522 e. The molecule has 132 valence electrons. The molecule has 0 aromatic heterocycles. The molecule has 0 aliphatic heterocycles. The van der Waals surface area contributed by atoms with Gasteiger partial charge in [-0.05, 0) is 123 Å². The molecule has 7 rings (SSSR count). The van der Waals surface area contributed by atoms with Crippen LogP contribution < -0.4 is 0 Å². The van der Waals surface area contributed by atoms with E-state index in [0.717, 1.165) is 29.1 Å². The molecule has 0 heterocycles. The van der Waals surface area contributed by atoms with Crippen molar-refractivity contribution in [2.75, 3.05) is 0 Å². The zero-order chi connectivity index (χ0) is 16.4. The minimum Gasteiger partial charge on any atom is -0.0619 e. The van der Waals surface area contributed by atoms with Crippen LogP contribution in [0.2, 0.25) is 0 Å². The molecule has 6 aliphatic rings. The zero-order valence-corrected chi connectivity index (χ0v) is 15.6. The third-order valence-corrected chi connectivity index (χ3v) is 8.77. The van der Waals surface area contributed by atoms with Gasteiger partial charge in [0.05, 0.1) is 0 Å². The maximum atomic E-state index is 2.39. The van der Waals surface area contributed by atoms with Crippen molar-refractivity contribution in [3.05, 3.63) is 41.0 Å². The van der Waals surface area contributed by atoms with Gasteiger partial charge in [-0.1, -0.05) is 29.8 Å². The number of benzene rings is 1. The van der Waals surface area contributed by atoms with E-state index in [9.17, 15) is 0 Å². The Morgan fingerprint density at radius 2 is 1.64 bits per heavy atom. The fourth-order valence-corrected chi connectivity index (χ4v) is 8.23. The fourth-order valence-electron chi connectivity index (χ4n) is 8.23. The second-order valence-corrected chi connectivity index (χ2v) is 10.4. The third-order valence-electron chi connectivity index (χ3n) is 8.77. The first-order chi connectivity index (χ1) is 12.3. The molecule has 25 heavy (non-hydrogen) atoms. The quantitative estimate of drug-likeness (QED) is 0.571. The Hall–Kier alpha value is -1.04. The van der Waals surface area contributed by atoms with E-state index in [1.54, 1.807) is 61.6 Å². The van der Waals surface area contributed by atoms with Crippen LogP contribution in [0.3, 0.4) is 0 Å². The van der Waals surface area contributed by atoms with E-state index < -0.39 is 0 Å². The van der Waals surface area contributed by atoms with Gasteiger partial charge in [-0.2, -0.15) is 0 Å². The third kappa shape index (κ3) is 2.39. The summed E-state index contributed by atoms with van der Waals surface area (Å²) in [6.45, 7) is 0. The average molecular weight is 333 g/mol. The van der Waals surface area contributed by atoms with Crippen molar-refractivity contribution in [1.29, 1.82) is 0 Å². The molecule has 0 radical (unpaired) electrons. The van der Waals surface area contributed by atoms with Gasteiger partial charge >= 0.3 is 0 Å². The summed E-state index contributed by atoms with van der Waals surface area (Å²) in [5, 5.41) is 0. The molecule has 4 saturated carbocycles. The standard InChI is InChI=1S/C25H32/c1-2-6-22-21(4-1)13-24-20(5-3-7-23(22)24)8-9-25-14-17-10-18(15-25)12-19(11-17)16-25/h1-2,4,6,17-20H,3,5,7-16H2. The van der Waals surface area contributed by atoms with Gasteiger partial charge in [0.2, 0.25) is 0 Å². The van der Waals surface area contributed by atoms with Gasteiger partial charge in [-0.15, -0.1) is 0 Å². The largest absolute Gasteiger partial charge is 0.0619 e. The highest BCUT2D eigenvalue weighted by Gasteiger charge is 2.50. The Bertz CT molecular complexity index is 686. The predicted molar refractivity (Wildman–Crippen MR) is 104 cm³/mol. The highest BCUT2D eigenvalue weighted by Crippen LogP contribution is 2.62. The first kappa shape index (κ1) is 15.1. The second-order valence-electron chi connectivity index (χ2n) is 10.4. The molecule has 1 aromatic carbocycles. The van der Waals surface area contributed by atoms with Crippen molar-refractivity contribution < 1.29 is 0 Å². The summed E-state index contributed by atoms with van der Waals surface area (Å²) in [4.78, 5) is 0. The molecule has 0 N–H and O–H groups in total. The number of rotatable bonds is 3. The lowest BCUT2D eigenvalue weighted by atomic mass is 9.48. The monoisotopic (exact) mass is 332 g/mol. The highest BCUT2D eigenvalue weighted by molar-refractivity contribution is 5.77. The van der Waals surface area contributed by atoms with E-state index in [4.69, 9.17) is 0 Å². The van der Waals surface area contributed by atoms with E-state index in [0.29, 0.717) is 0 Å². The van der Waals surface area contributed by atoms with Gasteiger partial charge in [0.25, 0.3) is 0 Å². The molecule has 1 atom stereocenters. The zero-order valence-electron chi connectivity index (χ0n) is 15.6. The summed E-state index contributed by atoms with van der Waals surface area (Å²) in [5.74, 6) is 4.25. The predicted octanol–water partition coefficient (Wildman–Crippen LogP) is 6.79. The number of fused-ring (bicyclic) bond motifs is 2. The van der Waals surface area contributed by atoms with Crippen LogP contribution in [0.15, 0.2) is 29.8 Å². The summed E-state index contributed by atoms with van der Waals surface area (Å²) in [5.41, 5.74) is 7.62. The molecule has 1 unspecified atom stereocenters. The Morgan fingerprint density at radius 1 is 0.920 bits per heavy atom. The molecular formula is C25H32. The number of hydrogen-bond donors (Lipinski definition) is 0. The van der Waals surface area contributed by atoms with E-state index in [1.165, 1.54) is 32.1 Å². The van der Waals surface area contributed by atoms with Crippen molar-refractivity contribution in [1.82, 2.24) is 0 Å². The summed E-state index contributed by atoms with van der Waals surface area (Å²) in [7, 11) is 0. The van der Waals surface area contributed by atoms with E-state index in [-0.39, 0.29) is 0 Å². The lowest BCUT2D eigenvalue weighted by molar-refractivity contribution is -0.0596. The van der Waals surface area contributed by atoms with Crippen molar-refractivity contribution >= 4 is 5.57 Å². The average Bonchev–Trinajstić information content (AvgIpc) is 2.98. The molecule has 0 nitrogen and oxygen atoms in total. The normalized spacial score (nSPS) is 41.1. The molecule has 0 heteroatoms. The summed E-state index contributed by atoms with van der Waals surface area (Å²) in [6.07, 6.45) is 18.1. The highest BCUT2D eigenvalue weighted by atomic mass is 14.6. The van der Waals surface area contributed by atoms with Crippen LogP contribution in [-0.4, -0.2) is 0 Å². The van der Waals surface area contributed by atoms with Crippen molar-refractivity contribution in [2.45, 2.75) is 77.0 Å². The van der Waals surface area contributed by atoms with Crippen molar-refractivity contribution in [3.63, 3.8) is 0 Å². The first-order valence-corrected chi connectivity index (χ1v) is 11.1. The molecule has 6 aliphatic carbocycles. The van der Waals surface area contributed by atoms with Gasteiger partial charge in [0, 0.05) is 0 Å². The van der Waals surface area contributed by atoms with E-state index >= 15 is 0 Å². The van der Waals surface area contributed by atoms with Gasteiger partial charge in [-0.3, -0.25) is 0 Å². The van der Waals surface area contributed by atoms with Crippen LogP contribution in [-0.2, 0) is 6.42 Å². The minimum atomic E-state index is 0.776. The molecule has 0 spiro atoms. The van der Waals surface area contributed by atoms with E-state index in [2.05, 4.69) is 24.3 Å². The smallest absolute Gasteiger partial charge is 0.00522 e. The molecule has 4 fully saturated rings. The molecular weight excluding hydrogens is 300 g/mol. The van der Waals surface area contributed by atoms with Gasteiger partial charge in [0.1, 0.15) is 0 Å². The van der Waals surface area contributed by atoms with Gasteiger partial charge in [-0.25, -0.2) is 0 Å². The maximum absolute atomic E-state index is 2.39. The number of allylic oxidation sites excluding steroid dienone is 2.